The van der Waals surface area contributed by atoms with Crippen LogP contribution in [-0.2, 0) is 0 Å². The van der Waals surface area contributed by atoms with Gasteiger partial charge in [-0.2, -0.15) is 4.98 Å². The molecule has 2 aromatic rings. The van der Waals surface area contributed by atoms with Gasteiger partial charge in [0.15, 0.2) is 0 Å². The Kier molecular flexibility index (Phi) is 2.78. The Morgan fingerprint density at radius 2 is 2.25 bits per heavy atom. The molecule has 1 unspecified atom stereocenters. The third-order valence-corrected chi connectivity index (χ3v) is 1.91. The van der Waals surface area contributed by atoms with Gasteiger partial charge in [0.25, 0.3) is 0 Å². The van der Waals surface area contributed by atoms with Crippen molar-refractivity contribution in [2.75, 3.05) is 7.11 Å². The van der Waals surface area contributed by atoms with Gasteiger partial charge in [-0.3, -0.25) is 0 Å². The van der Waals surface area contributed by atoms with Crippen LogP contribution < -0.4 is 10.5 Å². The first-order valence-corrected chi connectivity index (χ1v) is 4.66. The minimum absolute atomic E-state index is 0.301. The van der Waals surface area contributed by atoms with Crippen LogP contribution in [-0.4, -0.2) is 27.2 Å². The van der Waals surface area contributed by atoms with Crippen LogP contribution in [0.2, 0.25) is 0 Å². The van der Waals surface area contributed by atoms with Gasteiger partial charge in [-0.05, 0) is 6.92 Å². The van der Waals surface area contributed by atoms with Gasteiger partial charge in [0, 0.05) is 6.07 Å². The number of ether oxygens (including phenoxy) is 1. The van der Waals surface area contributed by atoms with E-state index in [2.05, 4.69) is 20.1 Å². The Morgan fingerprint density at radius 1 is 1.44 bits per heavy atom. The summed E-state index contributed by atoms with van der Waals surface area (Å²) in [6, 6.07) is 1.32. The Balaban J connectivity index is 2.34. The molecule has 2 aromatic heterocycles. The zero-order chi connectivity index (χ0) is 11.5. The predicted molar refractivity (Wildman–Crippen MR) is 54.5 cm³/mol. The Hall–Kier alpha value is -2.02. The molecular weight excluding hydrogens is 210 g/mol. The molecule has 1 atom stereocenters. The maximum absolute atomic E-state index is 5.61. The molecule has 0 amide bonds. The zero-order valence-electron chi connectivity index (χ0n) is 8.91. The second-order valence-electron chi connectivity index (χ2n) is 3.19. The van der Waals surface area contributed by atoms with Crippen molar-refractivity contribution in [1.82, 2.24) is 20.1 Å². The lowest BCUT2D eigenvalue weighted by Gasteiger charge is -1.98. The molecule has 0 radical (unpaired) electrons. The van der Waals surface area contributed by atoms with Crippen molar-refractivity contribution in [2.24, 2.45) is 5.73 Å². The van der Waals surface area contributed by atoms with Gasteiger partial charge >= 0.3 is 0 Å². The lowest BCUT2D eigenvalue weighted by Crippen LogP contribution is -2.04. The van der Waals surface area contributed by atoms with Gasteiger partial charge in [-0.25, -0.2) is 9.97 Å². The minimum Gasteiger partial charge on any atom is -0.481 e. The molecule has 0 aliphatic heterocycles. The first kappa shape index (κ1) is 10.5. The van der Waals surface area contributed by atoms with Crippen molar-refractivity contribution in [3.05, 3.63) is 18.3 Å². The third kappa shape index (κ3) is 1.98. The second-order valence-corrected chi connectivity index (χ2v) is 3.19. The van der Waals surface area contributed by atoms with E-state index in [1.165, 1.54) is 13.4 Å². The van der Waals surface area contributed by atoms with Gasteiger partial charge in [-0.15, -0.1) is 0 Å². The van der Waals surface area contributed by atoms with E-state index in [0.717, 1.165) is 0 Å². The van der Waals surface area contributed by atoms with Gasteiger partial charge in [0.2, 0.25) is 17.6 Å². The average molecular weight is 221 g/mol. The zero-order valence-corrected chi connectivity index (χ0v) is 8.91. The van der Waals surface area contributed by atoms with Crippen molar-refractivity contribution in [2.45, 2.75) is 13.0 Å². The molecule has 2 rings (SSSR count). The minimum atomic E-state index is -0.301. The molecule has 16 heavy (non-hydrogen) atoms. The van der Waals surface area contributed by atoms with Crippen molar-refractivity contribution < 1.29 is 9.26 Å². The van der Waals surface area contributed by atoms with Crippen LogP contribution in [0.3, 0.4) is 0 Å². The number of hydrogen-bond acceptors (Lipinski definition) is 7. The van der Waals surface area contributed by atoms with Crippen LogP contribution in [0.1, 0.15) is 18.9 Å². The summed E-state index contributed by atoms with van der Waals surface area (Å²) in [4.78, 5) is 12.0. The quantitative estimate of drug-likeness (QED) is 0.807. The van der Waals surface area contributed by atoms with Crippen molar-refractivity contribution >= 4 is 0 Å². The highest BCUT2D eigenvalue weighted by atomic mass is 16.5. The predicted octanol–water partition coefficient (Wildman–Crippen LogP) is 0.555. The van der Waals surface area contributed by atoms with Gasteiger partial charge in [0.05, 0.1) is 13.2 Å². The van der Waals surface area contributed by atoms with Crippen LogP contribution >= 0.6 is 0 Å². The number of nitrogens with zero attached hydrogens (tertiary/aromatic N) is 4. The molecule has 7 heteroatoms. The summed E-state index contributed by atoms with van der Waals surface area (Å²) in [7, 11) is 1.52. The SMILES string of the molecule is COc1cc(-c2noc(C(C)N)n2)ncn1. The van der Waals surface area contributed by atoms with Crippen molar-refractivity contribution in [1.29, 1.82) is 0 Å². The number of hydrogen-bond donors (Lipinski definition) is 1. The molecule has 0 aliphatic carbocycles. The third-order valence-electron chi connectivity index (χ3n) is 1.91. The fraction of sp³-hybridized carbons (Fsp3) is 0.333. The van der Waals surface area contributed by atoms with Crippen LogP contribution in [0.5, 0.6) is 5.88 Å². The fourth-order valence-corrected chi connectivity index (χ4v) is 1.10. The topological polar surface area (TPSA) is 100.0 Å². The lowest BCUT2D eigenvalue weighted by atomic mass is 10.3. The summed E-state index contributed by atoms with van der Waals surface area (Å²) in [5, 5.41) is 3.77. The van der Waals surface area contributed by atoms with E-state index in [1.54, 1.807) is 13.0 Å². The van der Waals surface area contributed by atoms with E-state index in [9.17, 15) is 0 Å². The van der Waals surface area contributed by atoms with E-state index in [4.69, 9.17) is 15.0 Å². The molecule has 0 aliphatic rings. The highest BCUT2D eigenvalue weighted by Gasteiger charge is 2.13. The van der Waals surface area contributed by atoms with Gasteiger partial charge in [0.1, 0.15) is 12.0 Å². The molecule has 0 saturated heterocycles. The van der Waals surface area contributed by atoms with Crippen molar-refractivity contribution in [3.8, 4) is 17.4 Å². The maximum Gasteiger partial charge on any atom is 0.243 e. The number of methoxy groups -OCH3 is 1. The summed E-state index contributed by atoms with van der Waals surface area (Å²) < 4.78 is 9.94. The van der Waals surface area contributed by atoms with E-state index in [1.807, 2.05) is 0 Å². The highest BCUT2D eigenvalue weighted by molar-refractivity contribution is 5.49. The molecule has 2 N–H and O–H groups in total. The van der Waals surface area contributed by atoms with Crippen LogP contribution in [0, 0.1) is 0 Å². The molecule has 0 spiro atoms. The first-order chi connectivity index (χ1) is 7.70. The summed E-state index contributed by atoms with van der Waals surface area (Å²) >= 11 is 0. The molecule has 2 heterocycles. The van der Waals surface area contributed by atoms with Crippen molar-refractivity contribution in [3.63, 3.8) is 0 Å². The maximum atomic E-state index is 5.61. The standard InChI is InChI=1S/C9H11N5O2/c1-5(10)9-13-8(14-16-9)6-3-7(15-2)12-4-11-6/h3-5H,10H2,1-2H3. The Morgan fingerprint density at radius 3 is 2.88 bits per heavy atom. The number of aromatic nitrogens is 4. The average Bonchev–Trinajstić information content (AvgIpc) is 2.78. The molecule has 7 nitrogen and oxygen atoms in total. The summed E-state index contributed by atoms with van der Waals surface area (Å²) in [6.07, 6.45) is 1.37. The lowest BCUT2D eigenvalue weighted by molar-refractivity contribution is 0.362. The van der Waals surface area contributed by atoms with Crippen LogP contribution in [0.15, 0.2) is 16.9 Å². The van der Waals surface area contributed by atoms with Gasteiger partial charge < -0.3 is 15.0 Å². The number of rotatable bonds is 3. The van der Waals surface area contributed by atoms with E-state index in [0.29, 0.717) is 23.3 Å². The molecular formula is C9H11N5O2. The fourth-order valence-electron chi connectivity index (χ4n) is 1.10. The van der Waals surface area contributed by atoms with E-state index >= 15 is 0 Å². The smallest absolute Gasteiger partial charge is 0.243 e. The van der Waals surface area contributed by atoms with Crippen LogP contribution in [0.25, 0.3) is 11.5 Å². The Bertz CT molecular complexity index is 482. The molecule has 84 valence electrons. The first-order valence-electron chi connectivity index (χ1n) is 4.66. The molecule has 0 aromatic carbocycles. The molecule has 0 fully saturated rings. The highest BCUT2D eigenvalue weighted by Crippen LogP contribution is 2.17. The number of nitrogens with two attached hydrogens (primary N) is 1. The van der Waals surface area contributed by atoms with Gasteiger partial charge in [-0.1, -0.05) is 5.16 Å². The normalized spacial score (nSPS) is 12.4. The largest absolute Gasteiger partial charge is 0.481 e. The monoisotopic (exact) mass is 221 g/mol. The van der Waals surface area contributed by atoms with E-state index < -0.39 is 0 Å². The molecule has 0 bridgehead atoms. The second kappa shape index (κ2) is 4.23. The summed E-state index contributed by atoms with van der Waals surface area (Å²) in [5.41, 5.74) is 6.14. The molecule has 0 saturated carbocycles. The van der Waals surface area contributed by atoms with E-state index in [-0.39, 0.29) is 6.04 Å². The summed E-state index contributed by atoms with van der Waals surface area (Å²) in [6.45, 7) is 1.76. The van der Waals surface area contributed by atoms with Crippen LogP contribution in [0.4, 0.5) is 0 Å². The summed E-state index contributed by atoms with van der Waals surface area (Å²) in [5.74, 6) is 1.18. The Labute approximate surface area is 91.7 Å².